The van der Waals surface area contributed by atoms with Crippen LogP contribution in [0.25, 0.3) is 10.9 Å². The minimum atomic E-state index is -3.67. The van der Waals surface area contributed by atoms with Crippen molar-refractivity contribution in [2.75, 3.05) is 5.32 Å². The summed E-state index contributed by atoms with van der Waals surface area (Å²) >= 11 is 6.18. The zero-order valence-electron chi connectivity index (χ0n) is 14.3. The van der Waals surface area contributed by atoms with Gasteiger partial charge in [-0.05, 0) is 31.2 Å². The largest absolute Gasteiger partial charge is 0.348 e. The van der Waals surface area contributed by atoms with E-state index in [0.29, 0.717) is 17.4 Å². The van der Waals surface area contributed by atoms with Crippen molar-refractivity contribution in [2.24, 2.45) is 0 Å². The van der Waals surface area contributed by atoms with Gasteiger partial charge in [0.25, 0.3) is 0 Å². The first kappa shape index (κ1) is 18.2. The fraction of sp³-hybridized carbons (Fsp3) is 0.111. The van der Waals surface area contributed by atoms with E-state index in [0.717, 1.165) is 17.8 Å². The van der Waals surface area contributed by atoms with Gasteiger partial charge in [0, 0.05) is 17.1 Å². The zero-order valence-corrected chi connectivity index (χ0v) is 15.1. The quantitative estimate of drug-likeness (QED) is 0.514. The standard InChI is InChI=1S/C18H12ClF3N6/c1-9-7-14(28-27-9)24-16-11-3-2-4-12(19)15(11)25-17(26-16)18(21,22)13-6-5-10(20)8-23-13/h2-8H,1H3,(H2,24,25,26,27,28). The summed E-state index contributed by atoms with van der Waals surface area (Å²) in [6.07, 6.45) is 0.711. The minimum absolute atomic E-state index is 0.107. The molecule has 3 heterocycles. The molecule has 0 aliphatic carbocycles. The van der Waals surface area contributed by atoms with Gasteiger partial charge in [-0.3, -0.25) is 10.1 Å². The molecule has 0 amide bonds. The fourth-order valence-corrected chi connectivity index (χ4v) is 2.85. The number of nitrogens with zero attached hydrogens (tertiary/aromatic N) is 4. The maximum absolute atomic E-state index is 15.0. The third kappa shape index (κ3) is 3.24. The highest BCUT2D eigenvalue weighted by Gasteiger charge is 2.40. The van der Waals surface area contributed by atoms with Gasteiger partial charge < -0.3 is 5.32 Å². The van der Waals surface area contributed by atoms with Crippen LogP contribution in [0, 0.1) is 12.7 Å². The second-order valence-corrected chi connectivity index (χ2v) is 6.44. The third-order valence-corrected chi connectivity index (χ3v) is 4.26. The number of aromatic nitrogens is 5. The number of aromatic amines is 1. The topological polar surface area (TPSA) is 79.4 Å². The first-order chi connectivity index (χ1) is 13.3. The number of halogens is 4. The number of fused-ring (bicyclic) bond motifs is 1. The lowest BCUT2D eigenvalue weighted by Crippen LogP contribution is -2.21. The SMILES string of the molecule is Cc1cc(Nc2nc(C(F)(F)c3ccc(F)cn3)nc3c(Cl)cccc23)n[nH]1. The van der Waals surface area contributed by atoms with Crippen LogP contribution in [0.15, 0.2) is 42.6 Å². The number of hydrogen-bond donors (Lipinski definition) is 2. The van der Waals surface area contributed by atoms with Crippen LogP contribution >= 0.6 is 11.6 Å². The maximum Gasteiger partial charge on any atom is 0.348 e. The van der Waals surface area contributed by atoms with E-state index in [1.807, 2.05) is 0 Å². The molecule has 0 bridgehead atoms. The highest BCUT2D eigenvalue weighted by atomic mass is 35.5. The van der Waals surface area contributed by atoms with Crippen LogP contribution in [0.3, 0.4) is 0 Å². The van der Waals surface area contributed by atoms with Gasteiger partial charge in [0.05, 0.1) is 16.7 Å². The fourth-order valence-electron chi connectivity index (χ4n) is 2.63. The minimum Gasteiger partial charge on any atom is -0.323 e. The number of rotatable bonds is 4. The van der Waals surface area contributed by atoms with Gasteiger partial charge in [-0.15, -0.1) is 0 Å². The van der Waals surface area contributed by atoms with E-state index >= 15 is 0 Å². The van der Waals surface area contributed by atoms with Crippen molar-refractivity contribution in [3.8, 4) is 0 Å². The van der Waals surface area contributed by atoms with E-state index in [4.69, 9.17) is 11.6 Å². The lowest BCUT2D eigenvalue weighted by molar-refractivity contribution is 0.0285. The van der Waals surface area contributed by atoms with Gasteiger partial charge in [-0.1, -0.05) is 17.7 Å². The van der Waals surface area contributed by atoms with Crippen molar-refractivity contribution in [3.05, 3.63) is 70.6 Å². The van der Waals surface area contributed by atoms with E-state index in [-0.39, 0.29) is 16.4 Å². The summed E-state index contributed by atoms with van der Waals surface area (Å²) in [6, 6.07) is 8.33. The average molecular weight is 405 g/mol. The highest BCUT2D eigenvalue weighted by Crippen LogP contribution is 2.36. The van der Waals surface area contributed by atoms with E-state index in [2.05, 4.69) is 30.5 Å². The first-order valence-corrected chi connectivity index (χ1v) is 8.48. The predicted molar refractivity (Wildman–Crippen MR) is 98.3 cm³/mol. The Bertz CT molecular complexity index is 1160. The molecular weight excluding hydrogens is 393 g/mol. The molecule has 0 spiro atoms. The Kier molecular flexibility index (Phi) is 4.38. The highest BCUT2D eigenvalue weighted by molar-refractivity contribution is 6.35. The molecule has 0 radical (unpaired) electrons. The normalized spacial score (nSPS) is 11.8. The summed E-state index contributed by atoms with van der Waals surface area (Å²) in [5.41, 5.74) is 0.243. The Balaban J connectivity index is 1.89. The number of para-hydroxylation sites is 1. The van der Waals surface area contributed by atoms with Gasteiger partial charge in [-0.25, -0.2) is 14.4 Å². The molecule has 4 rings (SSSR count). The molecule has 0 saturated carbocycles. The molecule has 3 aromatic heterocycles. The van der Waals surface area contributed by atoms with E-state index in [9.17, 15) is 13.2 Å². The van der Waals surface area contributed by atoms with E-state index < -0.39 is 23.3 Å². The second kappa shape index (κ2) is 6.75. The molecule has 0 aliphatic heterocycles. The number of H-pyrrole nitrogens is 1. The zero-order chi connectivity index (χ0) is 19.9. The van der Waals surface area contributed by atoms with Gasteiger partial charge >= 0.3 is 5.92 Å². The van der Waals surface area contributed by atoms with Crippen LogP contribution < -0.4 is 5.32 Å². The molecule has 2 N–H and O–H groups in total. The molecule has 0 fully saturated rings. The van der Waals surface area contributed by atoms with Crippen LogP contribution in [0.5, 0.6) is 0 Å². The Morgan fingerprint density at radius 3 is 2.64 bits per heavy atom. The number of hydrogen-bond acceptors (Lipinski definition) is 5. The molecule has 6 nitrogen and oxygen atoms in total. The molecule has 4 aromatic rings. The number of benzene rings is 1. The van der Waals surface area contributed by atoms with Gasteiger partial charge in [0.1, 0.15) is 17.3 Å². The smallest absolute Gasteiger partial charge is 0.323 e. The van der Waals surface area contributed by atoms with Crippen LogP contribution in [0.4, 0.5) is 24.8 Å². The van der Waals surface area contributed by atoms with Crippen molar-refractivity contribution in [1.29, 1.82) is 0 Å². The van der Waals surface area contributed by atoms with Crippen molar-refractivity contribution in [2.45, 2.75) is 12.8 Å². The molecular formula is C18H12ClF3N6. The summed E-state index contributed by atoms with van der Waals surface area (Å²) in [5.74, 6) is -4.71. The molecule has 1 aromatic carbocycles. The van der Waals surface area contributed by atoms with Crippen LogP contribution in [0.1, 0.15) is 17.2 Å². The van der Waals surface area contributed by atoms with Gasteiger partial charge in [-0.2, -0.15) is 13.9 Å². The third-order valence-electron chi connectivity index (χ3n) is 3.96. The van der Waals surface area contributed by atoms with Crippen LogP contribution in [-0.4, -0.2) is 25.1 Å². The number of aryl methyl sites for hydroxylation is 1. The van der Waals surface area contributed by atoms with Crippen molar-refractivity contribution in [3.63, 3.8) is 0 Å². The second-order valence-electron chi connectivity index (χ2n) is 6.03. The first-order valence-electron chi connectivity index (χ1n) is 8.10. The van der Waals surface area contributed by atoms with E-state index in [1.54, 1.807) is 25.1 Å². The monoisotopic (exact) mass is 404 g/mol. The van der Waals surface area contributed by atoms with E-state index in [1.165, 1.54) is 6.07 Å². The van der Waals surface area contributed by atoms with Crippen molar-refractivity contribution >= 4 is 34.1 Å². The Morgan fingerprint density at radius 1 is 1.14 bits per heavy atom. The average Bonchev–Trinajstić information content (AvgIpc) is 3.07. The van der Waals surface area contributed by atoms with Crippen molar-refractivity contribution < 1.29 is 13.2 Å². The summed E-state index contributed by atoms with van der Waals surface area (Å²) in [6.45, 7) is 1.80. The lowest BCUT2D eigenvalue weighted by Gasteiger charge is -2.17. The molecule has 0 aliphatic rings. The number of anilines is 2. The number of pyridine rings is 1. The van der Waals surface area contributed by atoms with Gasteiger partial charge in [0.2, 0.25) is 5.82 Å². The van der Waals surface area contributed by atoms with Crippen molar-refractivity contribution in [1.82, 2.24) is 25.1 Å². The van der Waals surface area contributed by atoms with Crippen LogP contribution in [-0.2, 0) is 5.92 Å². The Labute approximate surface area is 161 Å². The predicted octanol–water partition coefficient (Wildman–Crippen LogP) is 4.73. The number of alkyl halides is 2. The van der Waals surface area contributed by atoms with Gasteiger partial charge in [0.15, 0.2) is 5.82 Å². The summed E-state index contributed by atoms with van der Waals surface area (Å²) in [4.78, 5) is 11.4. The molecule has 142 valence electrons. The Morgan fingerprint density at radius 2 is 1.96 bits per heavy atom. The molecule has 0 atom stereocenters. The maximum atomic E-state index is 15.0. The molecule has 0 saturated heterocycles. The summed E-state index contributed by atoms with van der Waals surface area (Å²) < 4.78 is 43.1. The molecule has 0 unspecified atom stereocenters. The Hall–Kier alpha value is -3.20. The summed E-state index contributed by atoms with van der Waals surface area (Å²) in [5, 5.41) is 10.3. The summed E-state index contributed by atoms with van der Waals surface area (Å²) in [7, 11) is 0. The van der Waals surface area contributed by atoms with Crippen LogP contribution in [0.2, 0.25) is 5.02 Å². The number of nitrogens with one attached hydrogen (secondary N) is 2. The lowest BCUT2D eigenvalue weighted by atomic mass is 10.1. The molecule has 10 heteroatoms. The molecule has 28 heavy (non-hydrogen) atoms.